The summed E-state index contributed by atoms with van der Waals surface area (Å²) in [7, 11) is 0. The summed E-state index contributed by atoms with van der Waals surface area (Å²) in [5, 5.41) is 9.52. The van der Waals surface area contributed by atoms with E-state index in [1.54, 1.807) is 6.92 Å². The van der Waals surface area contributed by atoms with Gasteiger partial charge in [0.05, 0.1) is 6.67 Å². The zero-order valence-corrected chi connectivity index (χ0v) is 9.30. The average Bonchev–Trinajstić information content (AvgIpc) is 2.02. The first-order valence-corrected chi connectivity index (χ1v) is 4.80. The van der Waals surface area contributed by atoms with Gasteiger partial charge in [-0.3, -0.25) is 9.18 Å². The van der Waals surface area contributed by atoms with Gasteiger partial charge in [0, 0.05) is 17.4 Å². The summed E-state index contributed by atoms with van der Waals surface area (Å²) in [6.45, 7) is 6.59. The van der Waals surface area contributed by atoms with Gasteiger partial charge in [0.2, 0.25) is 0 Å². The Bertz CT molecular complexity index is 226. The fourth-order valence-corrected chi connectivity index (χ4v) is 0.799. The standard InChI is InChI=1S/C11H19FO2/c1-8(5-6-12)9(13)7-10(14)11(2,3)4/h7-8,14H,5-6H2,1-4H3/b10-7-. The Kier molecular flexibility index (Phi) is 4.81. The number of allylic oxidation sites excluding steroid dienone is 2. The Labute approximate surface area is 84.8 Å². The molecule has 0 heterocycles. The first-order chi connectivity index (χ1) is 6.29. The Hall–Kier alpha value is -0.860. The minimum Gasteiger partial charge on any atom is -0.512 e. The topological polar surface area (TPSA) is 37.3 Å². The number of alkyl halides is 1. The van der Waals surface area contributed by atoms with Crippen LogP contribution in [0.15, 0.2) is 11.8 Å². The molecule has 0 amide bonds. The van der Waals surface area contributed by atoms with Crippen LogP contribution in [-0.4, -0.2) is 17.6 Å². The van der Waals surface area contributed by atoms with Crippen molar-refractivity contribution in [3.05, 3.63) is 11.8 Å². The number of hydrogen-bond acceptors (Lipinski definition) is 2. The van der Waals surface area contributed by atoms with Gasteiger partial charge in [0.1, 0.15) is 5.76 Å². The van der Waals surface area contributed by atoms with Crippen molar-refractivity contribution in [1.82, 2.24) is 0 Å². The number of ketones is 1. The van der Waals surface area contributed by atoms with Crippen LogP contribution in [0.1, 0.15) is 34.1 Å². The van der Waals surface area contributed by atoms with E-state index in [2.05, 4.69) is 0 Å². The number of carbonyl (C=O) groups excluding carboxylic acids is 1. The normalized spacial score (nSPS) is 15.4. The van der Waals surface area contributed by atoms with Crippen LogP contribution in [0, 0.1) is 11.3 Å². The fraction of sp³-hybridized carbons (Fsp3) is 0.727. The van der Waals surface area contributed by atoms with Crippen LogP contribution in [0.5, 0.6) is 0 Å². The van der Waals surface area contributed by atoms with E-state index in [-0.39, 0.29) is 23.9 Å². The van der Waals surface area contributed by atoms with E-state index < -0.39 is 12.1 Å². The van der Waals surface area contributed by atoms with Crippen molar-refractivity contribution < 1.29 is 14.3 Å². The second kappa shape index (κ2) is 5.13. The molecule has 3 heteroatoms. The molecule has 0 aromatic heterocycles. The van der Waals surface area contributed by atoms with Crippen molar-refractivity contribution in [3.63, 3.8) is 0 Å². The second-order valence-electron chi connectivity index (χ2n) is 4.56. The predicted molar refractivity (Wildman–Crippen MR) is 54.9 cm³/mol. The highest BCUT2D eigenvalue weighted by Gasteiger charge is 2.19. The van der Waals surface area contributed by atoms with E-state index in [1.807, 2.05) is 20.8 Å². The molecule has 0 aliphatic carbocycles. The molecule has 14 heavy (non-hydrogen) atoms. The van der Waals surface area contributed by atoms with Crippen molar-refractivity contribution in [1.29, 1.82) is 0 Å². The molecule has 0 spiro atoms. The minimum atomic E-state index is -0.503. The summed E-state index contributed by atoms with van der Waals surface area (Å²) in [6, 6.07) is 0. The molecule has 0 aromatic rings. The van der Waals surface area contributed by atoms with Crippen LogP contribution in [0.25, 0.3) is 0 Å². The van der Waals surface area contributed by atoms with Gasteiger partial charge >= 0.3 is 0 Å². The van der Waals surface area contributed by atoms with Crippen LogP contribution in [0.4, 0.5) is 4.39 Å². The van der Waals surface area contributed by atoms with Gasteiger partial charge < -0.3 is 5.11 Å². The van der Waals surface area contributed by atoms with Crippen molar-refractivity contribution in [2.24, 2.45) is 11.3 Å². The molecule has 0 bridgehead atoms. The summed E-state index contributed by atoms with van der Waals surface area (Å²) < 4.78 is 11.9. The van der Waals surface area contributed by atoms with Crippen molar-refractivity contribution in [3.8, 4) is 0 Å². The van der Waals surface area contributed by atoms with E-state index in [1.165, 1.54) is 6.08 Å². The van der Waals surface area contributed by atoms with Gasteiger partial charge in [-0.1, -0.05) is 27.7 Å². The van der Waals surface area contributed by atoms with Crippen LogP contribution >= 0.6 is 0 Å². The van der Waals surface area contributed by atoms with Gasteiger partial charge in [0.15, 0.2) is 5.78 Å². The third kappa shape index (κ3) is 4.40. The summed E-state index contributed by atoms with van der Waals surface area (Å²) in [6.07, 6.45) is 1.42. The van der Waals surface area contributed by atoms with Gasteiger partial charge in [0.25, 0.3) is 0 Å². The van der Waals surface area contributed by atoms with Gasteiger partial charge in [-0.05, 0) is 6.42 Å². The second-order valence-corrected chi connectivity index (χ2v) is 4.56. The van der Waals surface area contributed by atoms with Crippen molar-refractivity contribution in [2.45, 2.75) is 34.1 Å². The average molecular weight is 202 g/mol. The van der Waals surface area contributed by atoms with Crippen LogP contribution in [-0.2, 0) is 4.79 Å². The van der Waals surface area contributed by atoms with Crippen molar-refractivity contribution >= 4 is 5.78 Å². The Balaban J connectivity index is 4.43. The zero-order chi connectivity index (χ0) is 11.4. The van der Waals surface area contributed by atoms with Gasteiger partial charge in [-0.2, -0.15) is 0 Å². The molecule has 0 saturated carbocycles. The number of halogens is 1. The molecule has 1 N–H and O–H groups in total. The van der Waals surface area contributed by atoms with Gasteiger partial charge in [-0.25, -0.2) is 0 Å². The summed E-state index contributed by atoms with van der Waals surface area (Å²) in [5.74, 6) is -0.521. The Morgan fingerprint density at radius 2 is 2.00 bits per heavy atom. The zero-order valence-electron chi connectivity index (χ0n) is 9.30. The first-order valence-electron chi connectivity index (χ1n) is 4.80. The highest BCUT2D eigenvalue weighted by atomic mass is 19.1. The van der Waals surface area contributed by atoms with Crippen LogP contribution in [0.3, 0.4) is 0 Å². The smallest absolute Gasteiger partial charge is 0.161 e. The molecule has 0 aliphatic rings. The molecular formula is C11H19FO2. The number of rotatable bonds is 4. The first kappa shape index (κ1) is 13.1. The summed E-state index contributed by atoms with van der Waals surface area (Å²) in [4.78, 5) is 11.4. The molecule has 2 nitrogen and oxygen atoms in total. The quantitative estimate of drug-likeness (QED) is 0.562. The number of hydrogen-bond donors (Lipinski definition) is 1. The predicted octanol–water partition coefficient (Wildman–Crippen LogP) is 3.04. The lowest BCUT2D eigenvalue weighted by Crippen LogP contribution is -2.14. The number of aliphatic hydroxyl groups is 1. The lowest BCUT2D eigenvalue weighted by Gasteiger charge is -2.17. The summed E-state index contributed by atoms with van der Waals surface area (Å²) in [5.41, 5.74) is -0.426. The highest BCUT2D eigenvalue weighted by Crippen LogP contribution is 2.23. The maximum atomic E-state index is 11.9. The maximum absolute atomic E-state index is 11.9. The third-order valence-electron chi connectivity index (χ3n) is 2.08. The third-order valence-corrected chi connectivity index (χ3v) is 2.08. The van der Waals surface area contributed by atoms with Crippen molar-refractivity contribution in [2.75, 3.05) is 6.67 Å². The van der Waals surface area contributed by atoms with Gasteiger partial charge in [-0.15, -0.1) is 0 Å². The Morgan fingerprint density at radius 3 is 2.36 bits per heavy atom. The molecule has 0 fully saturated rings. The molecule has 0 aromatic carbocycles. The minimum absolute atomic E-state index is 0.0493. The highest BCUT2D eigenvalue weighted by molar-refractivity contribution is 5.91. The van der Waals surface area contributed by atoms with E-state index in [4.69, 9.17) is 0 Å². The van der Waals surface area contributed by atoms with E-state index in [9.17, 15) is 14.3 Å². The molecule has 1 atom stereocenters. The van der Waals surface area contributed by atoms with Crippen LogP contribution in [0.2, 0.25) is 0 Å². The Morgan fingerprint density at radius 1 is 1.50 bits per heavy atom. The monoisotopic (exact) mass is 202 g/mol. The number of carbonyl (C=O) groups is 1. The van der Waals surface area contributed by atoms with E-state index in [0.717, 1.165) is 0 Å². The molecule has 0 radical (unpaired) electrons. The van der Waals surface area contributed by atoms with E-state index in [0.29, 0.717) is 0 Å². The van der Waals surface area contributed by atoms with E-state index >= 15 is 0 Å². The van der Waals surface area contributed by atoms with Crippen LogP contribution < -0.4 is 0 Å². The molecular weight excluding hydrogens is 183 g/mol. The lowest BCUT2D eigenvalue weighted by atomic mass is 9.91. The molecule has 0 aliphatic heterocycles. The lowest BCUT2D eigenvalue weighted by molar-refractivity contribution is -0.118. The molecule has 1 unspecified atom stereocenters. The maximum Gasteiger partial charge on any atom is 0.161 e. The molecule has 0 saturated heterocycles. The fourth-order valence-electron chi connectivity index (χ4n) is 0.799. The molecule has 0 rings (SSSR count). The summed E-state index contributed by atoms with van der Waals surface area (Å²) >= 11 is 0. The number of aliphatic hydroxyl groups excluding tert-OH is 1. The molecule has 82 valence electrons. The SMILES string of the molecule is CC(CCF)C(=O)/C=C(\O)C(C)(C)C. The largest absolute Gasteiger partial charge is 0.512 e.